The van der Waals surface area contributed by atoms with Gasteiger partial charge in [0.25, 0.3) is 0 Å². The summed E-state index contributed by atoms with van der Waals surface area (Å²) in [5.74, 6) is 1.92. The van der Waals surface area contributed by atoms with Crippen LogP contribution in [0.25, 0.3) is 0 Å². The molecule has 2 aliphatic heterocycles. The molecule has 1 aromatic heterocycles. The number of nitrogens with one attached hydrogen (secondary N) is 2. The summed E-state index contributed by atoms with van der Waals surface area (Å²) in [5, 5.41) is 6.85. The molecule has 2 saturated heterocycles. The molecule has 3 rings (SSSR count). The number of hydrogen-bond donors (Lipinski definition) is 2. The SMILES string of the molecule is CCNC(=NCC(c1ccco1)N1CCCC1)NCCCN1CCOCC1. The second kappa shape index (κ2) is 11.3. The number of aliphatic imine (C=N–C) groups is 1. The van der Waals surface area contributed by atoms with Crippen molar-refractivity contribution in [1.29, 1.82) is 0 Å². The van der Waals surface area contributed by atoms with Crippen molar-refractivity contribution in [1.82, 2.24) is 20.4 Å². The van der Waals surface area contributed by atoms with E-state index >= 15 is 0 Å². The lowest BCUT2D eigenvalue weighted by molar-refractivity contribution is 0.0376. The second-order valence-electron chi connectivity index (χ2n) is 7.23. The Bertz CT molecular complexity index is 537. The lowest BCUT2D eigenvalue weighted by Crippen LogP contribution is -2.41. The summed E-state index contributed by atoms with van der Waals surface area (Å²) < 4.78 is 11.1. The Labute approximate surface area is 163 Å². The van der Waals surface area contributed by atoms with Crippen LogP contribution >= 0.6 is 0 Å². The minimum Gasteiger partial charge on any atom is -0.468 e. The molecule has 0 radical (unpaired) electrons. The fourth-order valence-corrected chi connectivity index (χ4v) is 3.77. The quantitative estimate of drug-likeness (QED) is 0.388. The van der Waals surface area contributed by atoms with Crippen molar-refractivity contribution in [3.05, 3.63) is 24.2 Å². The minimum atomic E-state index is 0.228. The van der Waals surface area contributed by atoms with E-state index in [1.54, 1.807) is 6.26 Å². The molecule has 27 heavy (non-hydrogen) atoms. The third-order valence-corrected chi connectivity index (χ3v) is 5.27. The van der Waals surface area contributed by atoms with Gasteiger partial charge in [-0.3, -0.25) is 14.8 Å². The van der Waals surface area contributed by atoms with E-state index in [-0.39, 0.29) is 6.04 Å². The molecule has 0 aliphatic carbocycles. The molecular weight excluding hydrogens is 342 g/mol. The Kier molecular flexibility index (Phi) is 8.45. The molecule has 0 bridgehead atoms. The summed E-state index contributed by atoms with van der Waals surface area (Å²) in [5.41, 5.74) is 0. The highest BCUT2D eigenvalue weighted by Gasteiger charge is 2.25. The number of guanidine groups is 1. The largest absolute Gasteiger partial charge is 0.468 e. The van der Waals surface area contributed by atoms with Gasteiger partial charge < -0.3 is 19.8 Å². The first-order valence-electron chi connectivity index (χ1n) is 10.5. The van der Waals surface area contributed by atoms with Gasteiger partial charge in [0.1, 0.15) is 5.76 Å². The molecule has 1 atom stereocenters. The molecule has 0 spiro atoms. The average molecular weight is 378 g/mol. The number of hydrogen-bond acceptors (Lipinski definition) is 5. The van der Waals surface area contributed by atoms with Crippen LogP contribution in [0.1, 0.15) is 38.0 Å². The van der Waals surface area contributed by atoms with E-state index in [1.165, 1.54) is 12.8 Å². The van der Waals surface area contributed by atoms with E-state index in [1.807, 2.05) is 6.07 Å². The normalized spacial score (nSPS) is 20.7. The van der Waals surface area contributed by atoms with Gasteiger partial charge in [0, 0.05) is 26.2 Å². The molecule has 152 valence electrons. The molecule has 0 aromatic carbocycles. The fraction of sp³-hybridized carbons (Fsp3) is 0.750. The zero-order valence-corrected chi connectivity index (χ0v) is 16.7. The molecule has 0 amide bonds. The predicted molar refractivity (Wildman–Crippen MR) is 108 cm³/mol. The van der Waals surface area contributed by atoms with Crippen LogP contribution in [-0.4, -0.2) is 81.3 Å². The molecule has 2 N–H and O–H groups in total. The summed E-state index contributed by atoms with van der Waals surface area (Å²) in [6, 6.07) is 4.27. The summed E-state index contributed by atoms with van der Waals surface area (Å²) in [7, 11) is 0. The number of rotatable bonds is 9. The van der Waals surface area contributed by atoms with Crippen molar-refractivity contribution in [2.75, 3.05) is 65.6 Å². The third-order valence-electron chi connectivity index (χ3n) is 5.27. The lowest BCUT2D eigenvalue weighted by atomic mass is 10.2. The minimum absolute atomic E-state index is 0.228. The fourth-order valence-electron chi connectivity index (χ4n) is 3.77. The van der Waals surface area contributed by atoms with E-state index in [2.05, 4.69) is 33.4 Å². The van der Waals surface area contributed by atoms with E-state index in [0.717, 1.165) is 77.2 Å². The van der Waals surface area contributed by atoms with Crippen molar-refractivity contribution >= 4 is 5.96 Å². The molecule has 1 aromatic rings. The Morgan fingerprint density at radius 1 is 1.19 bits per heavy atom. The van der Waals surface area contributed by atoms with Crippen LogP contribution < -0.4 is 10.6 Å². The van der Waals surface area contributed by atoms with Gasteiger partial charge in [0.05, 0.1) is 32.1 Å². The van der Waals surface area contributed by atoms with E-state index in [0.29, 0.717) is 6.54 Å². The highest BCUT2D eigenvalue weighted by atomic mass is 16.5. The predicted octanol–water partition coefficient (Wildman–Crippen LogP) is 1.69. The molecule has 2 aliphatic rings. The third kappa shape index (κ3) is 6.52. The highest BCUT2D eigenvalue weighted by molar-refractivity contribution is 5.79. The molecular formula is C20H35N5O2. The zero-order valence-electron chi connectivity index (χ0n) is 16.7. The number of likely N-dealkylation sites (tertiary alicyclic amines) is 1. The number of ether oxygens (including phenoxy) is 1. The number of furan rings is 1. The van der Waals surface area contributed by atoms with Gasteiger partial charge in [-0.1, -0.05) is 0 Å². The molecule has 7 nitrogen and oxygen atoms in total. The average Bonchev–Trinajstić information content (AvgIpc) is 3.41. The van der Waals surface area contributed by atoms with Gasteiger partial charge >= 0.3 is 0 Å². The van der Waals surface area contributed by atoms with Crippen LogP contribution in [0.5, 0.6) is 0 Å². The van der Waals surface area contributed by atoms with Crippen molar-refractivity contribution < 1.29 is 9.15 Å². The van der Waals surface area contributed by atoms with Gasteiger partial charge in [-0.15, -0.1) is 0 Å². The summed E-state index contributed by atoms with van der Waals surface area (Å²) in [6.45, 7) is 11.8. The Morgan fingerprint density at radius 2 is 2.00 bits per heavy atom. The number of nitrogens with zero attached hydrogens (tertiary/aromatic N) is 3. The first-order chi connectivity index (χ1) is 13.4. The summed E-state index contributed by atoms with van der Waals surface area (Å²) in [6.07, 6.45) is 5.40. The van der Waals surface area contributed by atoms with Crippen LogP contribution in [0, 0.1) is 0 Å². The van der Waals surface area contributed by atoms with Gasteiger partial charge in [0.15, 0.2) is 5.96 Å². The van der Waals surface area contributed by atoms with Gasteiger partial charge in [-0.2, -0.15) is 0 Å². The van der Waals surface area contributed by atoms with E-state index in [9.17, 15) is 0 Å². The first-order valence-corrected chi connectivity index (χ1v) is 10.5. The van der Waals surface area contributed by atoms with Crippen LogP contribution in [0.3, 0.4) is 0 Å². The molecule has 1 unspecified atom stereocenters. The van der Waals surface area contributed by atoms with Crippen LogP contribution in [0.4, 0.5) is 0 Å². The topological polar surface area (TPSA) is 65.3 Å². The maximum absolute atomic E-state index is 5.70. The second-order valence-corrected chi connectivity index (χ2v) is 7.23. The molecule has 2 fully saturated rings. The zero-order chi connectivity index (χ0) is 18.7. The Morgan fingerprint density at radius 3 is 2.70 bits per heavy atom. The van der Waals surface area contributed by atoms with Crippen LogP contribution in [0.15, 0.2) is 27.8 Å². The highest BCUT2D eigenvalue weighted by Crippen LogP contribution is 2.25. The maximum atomic E-state index is 5.70. The van der Waals surface area contributed by atoms with Crippen molar-refractivity contribution in [2.45, 2.75) is 32.2 Å². The molecule has 7 heteroatoms. The maximum Gasteiger partial charge on any atom is 0.191 e. The summed E-state index contributed by atoms with van der Waals surface area (Å²) in [4.78, 5) is 9.82. The Balaban J connectivity index is 1.48. The standard InChI is InChI=1S/C20H35N5O2/c1-2-21-20(22-8-6-9-24-12-15-26-16-13-24)23-17-18(19-7-5-14-27-19)25-10-3-4-11-25/h5,7,14,18H,2-4,6,8-13,15-17H2,1H3,(H2,21,22,23). The monoisotopic (exact) mass is 377 g/mol. The summed E-state index contributed by atoms with van der Waals surface area (Å²) >= 11 is 0. The first kappa shape index (κ1) is 20.2. The van der Waals surface area contributed by atoms with Crippen molar-refractivity contribution in [2.24, 2.45) is 4.99 Å². The molecule has 3 heterocycles. The van der Waals surface area contributed by atoms with Gasteiger partial charge in [0.2, 0.25) is 0 Å². The van der Waals surface area contributed by atoms with Gasteiger partial charge in [-0.25, -0.2) is 0 Å². The van der Waals surface area contributed by atoms with Gasteiger partial charge in [-0.05, 0) is 58.0 Å². The van der Waals surface area contributed by atoms with Crippen LogP contribution in [-0.2, 0) is 4.74 Å². The smallest absolute Gasteiger partial charge is 0.191 e. The van der Waals surface area contributed by atoms with Crippen molar-refractivity contribution in [3.63, 3.8) is 0 Å². The number of morpholine rings is 1. The Hall–Kier alpha value is -1.57. The van der Waals surface area contributed by atoms with Crippen molar-refractivity contribution in [3.8, 4) is 0 Å². The van der Waals surface area contributed by atoms with E-state index in [4.69, 9.17) is 14.1 Å². The van der Waals surface area contributed by atoms with E-state index < -0.39 is 0 Å². The lowest BCUT2D eigenvalue weighted by Gasteiger charge is -2.26. The molecule has 0 saturated carbocycles. The van der Waals surface area contributed by atoms with Crippen LogP contribution in [0.2, 0.25) is 0 Å².